The molecule has 108 valence electrons. The smallest absolute Gasteiger partial charge is 0.229 e. The van der Waals surface area contributed by atoms with Crippen LogP contribution in [0.1, 0.15) is 12.8 Å². The number of rotatable bonds is 5. The minimum absolute atomic E-state index is 0.0260. The fourth-order valence-corrected chi connectivity index (χ4v) is 3.82. The summed E-state index contributed by atoms with van der Waals surface area (Å²) < 4.78 is 17.2. The maximum atomic E-state index is 12.1. The largest absolute Gasteiger partial charge is 0.379 e. The van der Waals surface area contributed by atoms with Gasteiger partial charge in [-0.15, -0.1) is 0 Å². The molecule has 1 N–H and O–H groups in total. The van der Waals surface area contributed by atoms with E-state index in [2.05, 4.69) is 0 Å². The number of hydrogen-bond donors (Lipinski definition) is 1. The van der Waals surface area contributed by atoms with Gasteiger partial charge in [-0.1, -0.05) is 0 Å². The molecule has 2 rings (SSSR count). The highest BCUT2D eigenvalue weighted by Gasteiger charge is 2.31. The lowest BCUT2D eigenvalue weighted by molar-refractivity contribution is -0.137. The van der Waals surface area contributed by atoms with Crippen molar-refractivity contribution >= 4 is 19.2 Å². The Morgan fingerprint density at radius 1 is 1.16 bits per heavy atom. The number of amides is 2. The van der Waals surface area contributed by atoms with Gasteiger partial charge in [-0.3, -0.25) is 24.0 Å². The second-order valence-corrected chi connectivity index (χ2v) is 7.30. The predicted molar refractivity (Wildman–Crippen MR) is 67.9 cm³/mol. The molecule has 2 amide bonds. The van der Waals surface area contributed by atoms with Gasteiger partial charge in [0.1, 0.15) is 0 Å². The fraction of sp³-hybridized carbons (Fsp3) is 0.818. The van der Waals surface area contributed by atoms with Gasteiger partial charge in [0.25, 0.3) is 0 Å². The van der Waals surface area contributed by atoms with E-state index in [0.717, 1.165) is 4.90 Å². The number of ether oxygens (including phenoxy) is 1. The monoisotopic (exact) mass is 290 g/mol. The Bertz CT molecular complexity index is 392. The first-order chi connectivity index (χ1) is 8.98. The van der Waals surface area contributed by atoms with Crippen molar-refractivity contribution in [1.29, 1.82) is 0 Å². The number of likely N-dealkylation sites (tertiary alicyclic amines) is 1. The highest BCUT2D eigenvalue weighted by molar-refractivity contribution is 7.57. The van der Waals surface area contributed by atoms with Crippen LogP contribution in [0.2, 0.25) is 0 Å². The lowest BCUT2D eigenvalue weighted by Crippen LogP contribution is -2.38. The number of carbonyl (C=O) groups is 2. The summed E-state index contributed by atoms with van der Waals surface area (Å²) in [4.78, 5) is 35.7. The van der Waals surface area contributed by atoms with Gasteiger partial charge in [0.15, 0.2) is 0 Å². The van der Waals surface area contributed by atoms with Crippen LogP contribution in [0.3, 0.4) is 0 Å². The first-order valence-corrected chi connectivity index (χ1v) is 8.45. The third-order valence-electron chi connectivity index (χ3n) is 3.35. The molecule has 0 radical (unpaired) electrons. The van der Waals surface area contributed by atoms with Crippen LogP contribution >= 0.6 is 7.37 Å². The molecule has 2 heterocycles. The number of carbonyl (C=O) groups excluding carboxylic acids is 2. The minimum atomic E-state index is -3.34. The van der Waals surface area contributed by atoms with Gasteiger partial charge in [-0.25, -0.2) is 0 Å². The van der Waals surface area contributed by atoms with Gasteiger partial charge in [-0.05, 0) is 0 Å². The summed E-state index contributed by atoms with van der Waals surface area (Å²) in [5.74, 6) is -0.479. The van der Waals surface area contributed by atoms with Gasteiger partial charge in [-0.2, -0.15) is 0 Å². The molecule has 0 aliphatic carbocycles. The second kappa shape index (κ2) is 6.13. The summed E-state index contributed by atoms with van der Waals surface area (Å²) in [5, 5.41) is 0. The van der Waals surface area contributed by atoms with Crippen molar-refractivity contribution in [3.05, 3.63) is 0 Å². The van der Waals surface area contributed by atoms with Crippen LogP contribution in [0.15, 0.2) is 0 Å². The Labute approximate surface area is 112 Å². The molecule has 0 bridgehead atoms. The van der Waals surface area contributed by atoms with Crippen molar-refractivity contribution in [3.63, 3.8) is 0 Å². The molecule has 0 aromatic heterocycles. The normalized spacial score (nSPS) is 24.8. The first-order valence-electron chi connectivity index (χ1n) is 6.42. The van der Waals surface area contributed by atoms with Crippen LogP contribution in [0.5, 0.6) is 0 Å². The summed E-state index contributed by atoms with van der Waals surface area (Å²) in [6, 6.07) is 0. The molecule has 7 nitrogen and oxygen atoms in total. The first kappa shape index (κ1) is 14.7. The van der Waals surface area contributed by atoms with Gasteiger partial charge in [0.05, 0.1) is 19.5 Å². The Kier molecular flexibility index (Phi) is 4.73. The molecule has 2 saturated heterocycles. The van der Waals surface area contributed by atoms with Crippen LogP contribution in [0, 0.1) is 0 Å². The molecule has 0 aromatic carbocycles. The highest BCUT2D eigenvalue weighted by atomic mass is 31.2. The third kappa shape index (κ3) is 4.11. The average Bonchev–Trinajstić information content (AvgIpc) is 2.67. The Balaban J connectivity index is 1.81. The van der Waals surface area contributed by atoms with E-state index in [4.69, 9.17) is 4.74 Å². The molecule has 0 aromatic rings. The molecule has 2 fully saturated rings. The predicted octanol–water partition coefficient (Wildman–Crippen LogP) is -0.304. The minimum Gasteiger partial charge on any atom is -0.379 e. The topological polar surface area (TPSA) is 87.2 Å². The lowest BCUT2D eigenvalue weighted by atomic mass is 10.4. The van der Waals surface area contributed by atoms with E-state index in [9.17, 15) is 19.0 Å². The molecule has 2 aliphatic rings. The molecular weight excluding hydrogens is 271 g/mol. The summed E-state index contributed by atoms with van der Waals surface area (Å²) in [6.07, 6.45) is 0.518. The fourth-order valence-electron chi connectivity index (χ4n) is 2.25. The van der Waals surface area contributed by atoms with E-state index < -0.39 is 7.37 Å². The lowest BCUT2D eigenvalue weighted by Gasteiger charge is -2.28. The summed E-state index contributed by atoms with van der Waals surface area (Å²) in [7, 11) is -3.34. The van der Waals surface area contributed by atoms with Crippen molar-refractivity contribution in [2.45, 2.75) is 12.8 Å². The summed E-state index contributed by atoms with van der Waals surface area (Å²) >= 11 is 0. The van der Waals surface area contributed by atoms with Crippen LogP contribution in [-0.4, -0.2) is 71.8 Å². The molecule has 0 saturated carbocycles. The maximum Gasteiger partial charge on any atom is 0.229 e. The van der Waals surface area contributed by atoms with E-state index >= 15 is 0 Å². The van der Waals surface area contributed by atoms with Crippen LogP contribution in [0.25, 0.3) is 0 Å². The van der Waals surface area contributed by atoms with E-state index in [1.807, 2.05) is 4.90 Å². The van der Waals surface area contributed by atoms with Gasteiger partial charge < -0.3 is 9.63 Å². The van der Waals surface area contributed by atoms with E-state index in [0.29, 0.717) is 26.3 Å². The van der Waals surface area contributed by atoms with E-state index in [1.165, 1.54) is 0 Å². The number of morpholine rings is 1. The van der Waals surface area contributed by atoms with Crippen molar-refractivity contribution in [1.82, 2.24) is 9.80 Å². The zero-order valence-corrected chi connectivity index (χ0v) is 11.7. The average molecular weight is 290 g/mol. The van der Waals surface area contributed by atoms with Crippen molar-refractivity contribution < 1.29 is 23.8 Å². The Morgan fingerprint density at radius 3 is 2.32 bits per heavy atom. The second-order valence-electron chi connectivity index (χ2n) is 4.88. The number of nitrogens with zero attached hydrogens (tertiary/aromatic N) is 2. The zero-order valence-electron chi connectivity index (χ0n) is 10.8. The molecule has 8 heteroatoms. The van der Waals surface area contributed by atoms with Crippen LogP contribution < -0.4 is 0 Å². The zero-order chi connectivity index (χ0) is 13.9. The Morgan fingerprint density at radius 2 is 1.74 bits per heavy atom. The van der Waals surface area contributed by atoms with E-state index in [1.54, 1.807) is 0 Å². The van der Waals surface area contributed by atoms with Gasteiger partial charge in [0, 0.05) is 38.6 Å². The number of hydrogen-bond acceptors (Lipinski definition) is 5. The summed E-state index contributed by atoms with van der Waals surface area (Å²) in [5.41, 5.74) is 0. The highest BCUT2D eigenvalue weighted by Crippen LogP contribution is 2.41. The van der Waals surface area contributed by atoms with E-state index in [-0.39, 0.29) is 43.6 Å². The Hall–Kier alpha value is -0.750. The van der Waals surface area contributed by atoms with Crippen molar-refractivity contribution in [3.8, 4) is 0 Å². The third-order valence-corrected chi connectivity index (χ3v) is 5.09. The van der Waals surface area contributed by atoms with Crippen LogP contribution in [-0.2, 0) is 18.9 Å². The molecule has 19 heavy (non-hydrogen) atoms. The molecule has 1 unspecified atom stereocenters. The number of imide groups is 1. The van der Waals surface area contributed by atoms with Gasteiger partial charge in [0.2, 0.25) is 19.2 Å². The van der Waals surface area contributed by atoms with Crippen LogP contribution in [0.4, 0.5) is 0 Å². The SMILES string of the molecule is O=C1CCC(=O)N1CCP(=O)(O)CN1CCOCC1. The standard InChI is InChI=1S/C11H19N2O5P/c14-10-1-2-11(15)13(10)5-8-19(16,17)9-12-3-6-18-7-4-12/h1-9H2,(H,16,17). The molecule has 2 aliphatic heterocycles. The molecule has 0 spiro atoms. The maximum absolute atomic E-state index is 12.1. The molecular formula is C11H19N2O5P. The van der Waals surface area contributed by atoms with Crippen molar-refractivity contribution in [2.75, 3.05) is 45.3 Å². The van der Waals surface area contributed by atoms with Gasteiger partial charge >= 0.3 is 0 Å². The molecule has 1 atom stereocenters. The van der Waals surface area contributed by atoms with Crippen molar-refractivity contribution in [2.24, 2.45) is 0 Å². The quantitative estimate of drug-likeness (QED) is 0.552. The summed E-state index contributed by atoms with van der Waals surface area (Å²) in [6.45, 7) is 2.49.